The minimum Gasteiger partial charge on any atom is -0.504 e. The first-order valence-corrected chi connectivity index (χ1v) is 13.4. The van der Waals surface area contributed by atoms with E-state index in [-0.39, 0.29) is 29.3 Å². The standard InChI is InChI=1S/C29H35ClFN3O3.ClH/c1-5-34(6-2)26-10-8-9-13-29(26,37-7-3)33-27-21-14-19(20-15-23(30)28(36)24(31)16-20)11-12-25(21)32-17-22(27)18(4)35;/h11-12,14-17,26,36H,5-10,13H2,1-4H3,(H,32,33);1H. The smallest absolute Gasteiger partial charge is 0.170 e. The summed E-state index contributed by atoms with van der Waals surface area (Å²) in [5.74, 6) is -1.48. The molecule has 206 valence electrons. The molecule has 2 aromatic carbocycles. The summed E-state index contributed by atoms with van der Waals surface area (Å²) in [6.45, 7) is 10.2. The summed E-state index contributed by atoms with van der Waals surface area (Å²) in [4.78, 5) is 19.8. The third-order valence-corrected chi connectivity index (χ3v) is 7.69. The number of nitrogens with one attached hydrogen (secondary N) is 1. The molecule has 1 saturated carbocycles. The van der Waals surface area contributed by atoms with Gasteiger partial charge in [-0.3, -0.25) is 14.7 Å². The van der Waals surface area contributed by atoms with Crippen LogP contribution in [0.25, 0.3) is 22.0 Å². The second-order valence-corrected chi connectivity index (χ2v) is 9.96. The summed E-state index contributed by atoms with van der Waals surface area (Å²) in [7, 11) is 0. The van der Waals surface area contributed by atoms with Gasteiger partial charge in [0.1, 0.15) is 0 Å². The van der Waals surface area contributed by atoms with Crippen molar-refractivity contribution in [2.75, 3.05) is 25.0 Å². The Balaban J connectivity index is 0.00000400. The normalized spacial score (nSPS) is 19.4. The molecule has 1 aliphatic rings. The fraction of sp³-hybridized carbons (Fsp3) is 0.448. The van der Waals surface area contributed by atoms with Crippen LogP contribution < -0.4 is 5.32 Å². The van der Waals surface area contributed by atoms with E-state index >= 15 is 0 Å². The van der Waals surface area contributed by atoms with Crippen LogP contribution in [0, 0.1) is 5.82 Å². The molecule has 6 nitrogen and oxygen atoms in total. The number of carbonyl (C=O) groups is 1. The lowest BCUT2D eigenvalue weighted by molar-refractivity contribution is -0.0987. The minimum absolute atomic E-state index is 0. The van der Waals surface area contributed by atoms with Crippen LogP contribution in [0.15, 0.2) is 36.5 Å². The zero-order valence-corrected chi connectivity index (χ0v) is 23.9. The van der Waals surface area contributed by atoms with E-state index in [0.717, 1.165) is 44.2 Å². The van der Waals surface area contributed by atoms with Crippen molar-refractivity contribution in [2.45, 2.75) is 65.1 Å². The van der Waals surface area contributed by atoms with Gasteiger partial charge in [0, 0.05) is 18.2 Å². The second kappa shape index (κ2) is 12.6. The zero-order valence-electron chi connectivity index (χ0n) is 22.3. The van der Waals surface area contributed by atoms with E-state index < -0.39 is 17.3 Å². The van der Waals surface area contributed by atoms with Gasteiger partial charge in [-0.2, -0.15) is 0 Å². The second-order valence-electron chi connectivity index (χ2n) is 9.55. The molecule has 1 aliphatic carbocycles. The van der Waals surface area contributed by atoms with Crippen LogP contribution in [-0.4, -0.2) is 52.2 Å². The van der Waals surface area contributed by atoms with E-state index in [9.17, 15) is 14.3 Å². The van der Waals surface area contributed by atoms with Gasteiger partial charge in [0.05, 0.1) is 27.8 Å². The molecule has 0 radical (unpaired) electrons. The molecule has 1 fully saturated rings. The first kappa shape index (κ1) is 30.1. The number of fused-ring (bicyclic) bond motifs is 1. The number of aromatic hydroxyl groups is 1. The Hall–Kier alpha value is -2.45. The Morgan fingerprint density at radius 2 is 1.95 bits per heavy atom. The lowest BCUT2D eigenvalue weighted by atomic mass is 9.84. The number of carbonyl (C=O) groups excluding carboxylic acids is 1. The number of hydrogen-bond donors (Lipinski definition) is 2. The van der Waals surface area contributed by atoms with E-state index in [0.29, 0.717) is 34.5 Å². The van der Waals surface area contributed by atoms with Crippen molar-refractivity contribution in [3.8, 4) is 16.9 Å². The van der Waals surface area contributed by atoms with Gasteiger partial charge in [-0.15, -0.1) is 12.4 Å². The molecule has 2 atom stereocenters. The number of anilines is 1. The molecule has 0 amide bonds. The Labute approximate surface area is 234 Å². The SMILES string of the molecule is CCOC1(Nc2c(C(C)=O)cnc3ccc(-c4cc(F)c(O)c(Cl)c4)cc23)CCCCC1N(CC)CC.Cl. The molecule has 0 bridgehead atoms. The van der Waals surface area contributed by atoms with Crippen molar-refractivity contribution < 1.29 is 19.0 Å². The van der Waals surface area contributed by atoms with Crippen LogP contribution in [-0.2, 0) is 4.74 Å². The van der Waals surface area contributed by atoms with Crippen molar-refractivity contribution in [3.63, 3.8) is 0 Å². The van der Waals surface area contributed by atoms with Crippen molar-refractivity contribution >= 4 is 46.4 Å². The number of phenolic OH excluding ortho intramolecular Hbond substituents is 1. The number of nitrogens with zero attached hydrogens (tertiary/aromatic N) is 2. The maximum absolute atomic E-state index is 14.3. The summed E-state index contributed by atoms with van der Waals surface area (Å²) < 4.78 is 20.8. The summed E-state index contributed by atoms with van der Waals surface area (Å²) in [6, 6.07) is 8.45. The average Bonchev–Trinajstić information content (AvgIpc) is 2.88. The Kier molecular flexibility index (Phi) is 9.98. The van der Waals surface area contributed by atoms with Crippen LogP contribution in [0.5, 0.6) is 5.75 Å². The van der Waals surface area contributed by atoms with Gasteiger partial charge in [0.25, 0.3) is 0 Å². The third kappa shape index (κ3) is 5.76. The topological polar surface area (TPSA) is 74.7 Å². The Bertz CT molecular complexity index is 1270. The molecule has 0 saturated heterocycles. The molecule has 0 spiro atoms. The van der Waals surface area contributed by atoms with E-state index in [4.69, 9.17) is 16.3 Å². The van der Waals surface area contributed by atoms with Crippen molar-refractivity contribution in [1.29, 1.82) is 0 Å². The van der Waals surface area contributed by atoms with Gasteiger partial charge in [-0.25, -0.2) is 4.39 Å². The van der Waals surface area contributed by atoms with Crippen LogP contribution in [0.1, 0.15) is 63.7 Å². The minimum atomic E-state index is -0.795. The Morgan fingerprint density at radius 3 is 2.58 bits per heavy atom. The zero-order chi connectivity index (χ0) is 26.7. The van der Waals surface area contributed by atoms with Gasteiger partial charge in [-0.05, 0) is 81.6 Å². The summed E-state index contributed by atoms with van der Waals surface area (Å²) >= 11 is 6.06. The van der Waals surface area contributed by atoms with Gasteiger partial charge in [-0.1, -0.05) is 37.9 Å². The number of ketones is 1. The highest BCUT2D eigenvalue weighted by atomic mass is 35.5. The Morgan fingerprint density at radius 1 is 1.21 bits per heavy atom. The van der Waals surface area contributed by atoms with E-state index in [2.05, 4.69) is 29.0 Å². The number of likely N-dealkylation sites (N-methyl/N-ethyl adjacent to an activating group) is 1. The number of Topliss-reactive ketones (excluding diaryl/α,β-unsaturated/α-hetero) is 1. The highest BCUT2D eigenvalue weighted by Crippen LogP contribution is 2.40. The number of ether oxygens (including phenoxy) is 1. The molecule has 9 heteroatoms. The summed E-state index contributed by atoms with van der Waals surface area (Å²) in [5, 5.41) is 14.2. The molecular weight excluding hydrogens is 528 g/mol. The molecule has 1 aromatic heterocycles. The molecule has 0 aliphatic heterocycles. The molecule has 1 heterocycles. The maximum Gasteiger partial charge on any atom is 0.170 e. The van der Waals surface area contributed by atoms with Crippen molar-refractivity contribution in [2.24, 2.45) is 0 Å². The predicted octanol–water partition coefficient (Wildman–Crippen LogP) is 7.45. The fourth-order valence-corrected chi connectivity index (χ4v) is 5.80. The van der Waals surface area contributed by atoms with Gasteiger partial charge >= 0.3 is 0 Å². The van der Waals surface area contributed by atoms with Crippen LogP contribution in [0.3, 0.4) is 0 Å². The highest BCUT2D eigenvalue weighted by molar-refractivity contribution is 6.32. The number of pyridine rings is 1. The number of rotatable bonds is 9. The van der Waals surface area contributed by atoms with Gasteiger partial charge in [0.15, 0.2) is 23.1 Å². The quantitative estimate of drug-likeness (QED) is 0.208. The average molecular weight is 565 g/mol. The third-order valence-electron chi connectivity index (χ3n) is 7.40. The lowest BCUT2D eigenvalue weighted by Gasteiger charge is -2.49. The lowest BCUT2D eigenvalue weighted by Crippen LogP contribution is -2.60. The molecular formula is C29H36Cl2FN3O3. The molecule has 38 heavy (non-hydrogen) atoms. The van der Waals surface area contributed by atoms with E-state index in [1.165, 1.54) is 19.1 Å². The van der Waals surface area contributed by atoms with Gasteiger partial charge in [0.2, 0.25) is 0 Å². The molecule has 2 N–H and O–H groups in total. The maximum atomic E-state index is 14.3. The van der Waals surface area contributed by atoms with Crippen molar-refractivity contribution in [1.82, 2.24) is 9.88 Å². The van der Waals surface area contributed by atoms with E-state index in [1.54, 1.807) is 6.20 Å². The van der Waals surface area contributed by atoms with E-state index in [1.807, 2.05) is 25.1 Å². The summed E-state index contributed by atoms with van der Waals surface area (Å²) in [6.07, 6.45) is 5.54. The fourth-order valence-electron chi connectivity index (χ4n) is 5.59. The van der Waals surface area contributed by atoms with Gasteiger partial charge < -0.3 is 15.2 Å². The highest BCUT2D eigenvalue weighted by Gasteiger charge is 2.44. The van der Waals surface area contributed by atoms with Crippen LogP contribution >= 0.6 is 24.0 Å². The molecule has 4 rings (SSSR count). The largest absolute Gasteiger partial charge is 0.504 e. The number of hydrogen-bond acceptors (Lipinski definition) is 6. The number of phenols is 1. The van der Waals surface area contributed by atoms with Crippen LogP contribution in [0.4, 0.5) is 10.1 Å². The first-order valence-electron chi connectivity index (χ1n) is 13.0. The summed E-state index contributed by atoms with van der Waals surface area (Å²) in [5.41, 5.74) is 2.36. The monoisotopic (exact) mass is 563 g/mol. The molecule has 2 unspecified atom stereocenters. The van der Waals surface area contributed by atoms with Crippen molar-refractivity contribution in [3.05, 3.63) is 52.9 Å². The number of benzene rings is 2. The number of halogens is 3. The van der Waals surface area contributed by atoms with Crippen LogP contribution in [0.2, 0.25) is 5.02 Å². The number of aromatic nitrogens is 1. The first-order chi connectivity index (χ1) is 17.7. The predicted molar refractivity (Wildman–Crippen MR) is 154 cm³/mol. The molecule has 3 aromatic rings.